The molecule has 0 bridgehead atoms. The van der Waals surface area contributed by atoms with Gasteiger partial charge >= 0.3 is 0 Å². The van der Waals surface area contributed by atoms with E-state index in [2.05, 4.69) is 6.42 Å². The topological polar surface area (TPSA) is 40.6 Å². The predicted molar refractivity (Wildman–Crippen MR) is 50.6 cm³/mol. The maximum atomic E-state index is 11.2. The lowest BCUT2D eigenvalue weighted by Crippen LogP contribution is -2.54. The van der Waals surface area contributed by atoms with Gasteiger partial charge in [0.1, 0.15) is 0 Å². The van der Waals surface area contributed by atoms with Gasteiger partial charge in [-0.2, -0.15) is 0 Å². The Kier molecular flexibility index (Phi) is 2.98. The molecule has 1 aliphatic heterocycles. The summed E-state index contributed by atoms with van der Waals surface area (Å²) in [6.45, 7) is 4.54. The second-order valence-corrected chi connectivity index (χ2v) is 2.87. The molecule has 1 saturated heterocycles. The number of carbonyl (C=O) groups is 2. The normalized spacial score (nSPS) is 18.5. The Bertz CT molecular complexity index is 241. The van der Waals surface area contributed by atoms with Crippen molar-refractivity contribution in [2.24, 2.45) is 0 Å². The molecule has 0 aromatic carbocycles. The molecule has 0 N–H and O–H groups in total. The maximum Gasteiger partial charge on any atom is 0.247 e. The Morgan fingerprint density at radius 2 is 1.54 bits per heavy atom. The van der Waals surface area contributed by atoms with Crippen LogP contribution in [0.1, 0.15) is 13.8 Å². The van der Waals surface area contributed by atoms with E-state index < -0.39 is 11.8 Å². The van der Waals surface area contributed by atoms with Gasteiger partial charge < -0.3 is 0 Å². The standard InChI is InChI=1S/C8H10N2O2S/c1-3-9-6(11)5-7(12)10(4-2)8(9)13/h3-4H2,1-2H3. The molecule has 1 heterocycles. The molecule has 5 heteroatoms. The summed E-state index contributed by atoms with van der Waals surface area (Å²) in [7, 11) is 0. The SMILES string of the molecule is CCN1C(=O)[C]C(=O)N(CC)C1=S. The van der Waals surface area contributed by atoms with Crippen LogP contribution >= 0.6 is 12.2 Å². The van der Waals surface area contributed by atoms with Crippen molar-refractivity contribution in [2.45, 2.75) is 13.8 Å². The van der Waals surface area contributed by atoms with Crippen molar-refractivity contribution < 1.29 is 9.59 Å². The first-order chi connectivity index (χ1) is 6.11. The number of rotatable bonds is 2. The van der Waals surface area contributed by atoms with Gasteiger partial charge in [-0.3, -0.25) is 19.4 Å². The van der Waals surface area contributed by atoms with Crippen LogP contribution in [0.25, 0.3) is 0 Å². The molecule has 0 atom stereocenters. The van der Waals surface area contributed by atoms with Gasteiger partial charge in [0, 0.05) is 13.1 Å². The van der Waals surface area contributed by atoms with Crippen molar-refractivity contribution >= 4 is 29.1 Å². The first-order valence-corrected chi connectivity index (χ1v) is 4.46. The maximum absolute atomic E-state index is 11.2. The number of hydrogen-bond acceptors (Lipinski definition) is 3. The Hall–Kier alpha value is -0.970. The summed E-state index contributed by atoms with van der Waals surface area (Å²) in [6, 6.07) is 0. The number of nitrogens with zero attached hydrogens (tertiary/aromatic N) is 2. The minimum atomic E-state index is -0.442. The highest BCUT2D eigenvalue weighted by Crippen LogP contribution is 2.10. The minimum Gasteiger partial charge on any atom is -0.288 e. The summed E-state index contributed by atoms with van der Waals surface area (Å²) in [5.41, 5.74) is 0. The summed E-state index contributed by atoms with van der Waals surface area (Å²) >= 11 is 4.97. The summed E-state index contributed by atoms with van der Waals surface area (Å²) in [5.74, 6) is -0.885. The molecule has 0 aromatic rings. The van der Waals surface area contributed by atoms with E-state index >= 15 is 0 Å². The van der Waals surface area contributed by atoms with Crippen LogP contribution in [0.3, 0.4) is 0 Å². The van der Waals surface area contributed by atoms with Crippen molar-refractivity contribution in [2.75, 3.05) is 13.1 Å². The van der Waals surface area contributed by atoms with Gasteiger partial charge in [0.25, 0.3) is 0 Å². The van der Waals surface area contributed by atoms with Crippen LogP contribution in [0.2, 0.25) is 0 Å². The van der Waals surface area contributed by atoms with Crippen molar-refractivity contribution in [3.05, 3.63) is 6.42 Å². The highest BCUT2D eigenvalue weighted by molar-refractivity contribution is 7.80. The van der Waals surface area contributed by atoms with Crippen LogP contribution in [0, 0.1) is 6.42 Å². The van der Waals surface area contributed by atoms with E-state index in [0.717, 1.165) is 0 Å². The van der Waals surface area contributed by atoms with Gasteiger partial charge in [-0.05, 0) is 26.1 Å². The van der Waals surface area contributed by atoms with Crippen LogP contribution in [-0.2, 0) is 9.59 Å². The molecule has 0 spiro atoms. The van der Waals surface area contributed by atoms with Gasteiger partial charge in [-0.25, -0.2) is 0 Å². The monoisotopic (exact) mass is 198 g/mol. The van der Waals surface area contributed by atoms with Crippen molar-refractivity contribution in [3.63, 3.8) is 0 Å². The van der Waals surface area contributed by atoms with Gasteiger partial charge in [-0.1, -0.05) is 0 Å². The Morgan fingerprint density at radius 1 is 1.15 bits per heavy atom. The van der Waals surface area contributed by atoms with Gasteiger partial charge in [0.15, 0.2) is 11.5 Å². The van der Waals surface area contributed by atoms with E-state index in [0.29, 0.717) is 13.1 Å². The number of hydrogen-bond donors (Lipinski definition) is 0. The van der Waals surface area contributed by atoms with Crippen molar-refractivity contribution in [1.82, 2.24) is 9.80 Å². The van der Waals surface area contributed by atoms with Gasteiger partial charge in [-0.15, -0.1) is 0 Å². The summed E-state index contributed by atoms with van der Waals surface area (Å²) in [6.07, 6.45) is 2.20. The molecule has 0 aliphatic carbocycles. The molecule has 1 fully saturated rings. The first-order valence-electron chi connectivity index (χ1n) is 4.05. The van der Waals surface area contributed by atoms with E-state index in [9.17, 15) is 9.59 Å². The number of thiocarbonyl (C=S) groups is 1. The zero-order chi connectivity index (χ0) is 10.0. The fourth-order valence-corrected chi connectivity index (χ4v) is 1.53. The van der Waals surface area contributed by atoms with E-state index in [1.807, 2.05) is 0 Å². The zero-order valence-electron chi connectivity index (χ0n) is 7.53. The molecule has 13 heavy (non-hydrogen) atoms. The molecule has 1 rings (SSSR count). The molecule has 0 unspecified atom stereocenters. The highest BCUT2D eigenvalue weighted by Gasteiger charge is 2.33. The number of carbonyl (C=O) groups excluding carboxylic acids is 2. The first kappa shape index (κ1) is 10.1. The average Bonchev–Trinajstić information content (AvgIpc) is 2.04. The number of amides is 2. The highest BCUT2D eigenvalue weighted by atomic mass is 32.1. The second-order valence-electron chi connectivity index (χ2n) is 2.51. The largest absolute Gasteiger partial charge is 0.288 e. The molecular formula is C8H10N2O2S. The molecule has 2 radical (unpaired) electrons. The fourth-order valence-electron chi connectivity index (χ4n) is 1.10. The third-order valence-electron chi connectivity index (χ3n) is 1.80. The second kappa shape index (κ2) is 3.83. The molecule has 0 saturated carbocycles. The Labute approximate surface area is 82.5 Å². The van der Waals surface area contributed by atoms with E-state index in [1.54, 1.807) is 13.8 Å². The third kappa shape index (κ3) is 1.70. The lowest BCUT2D eigenvalue weighted by Gasteiger charge is -2.33. The van der Waals surface area contributed by atoms with Crippen molar-refractivity contribution in [1.29, 1.82) is 0 Å². The smallest absolute Gasteiger partial charge is 0.247 e. The minimum absolute atomic E-state index is 0.277. The molecule has 0 aromatic heterocycles. The molecule has 70 valence electrons. The van der Waals surface area contributed by atoms with Crippen LogP contribution in [0.5, 0.6) is 0 Å². The van der Waals surface area contributed by atoms with Crippen molar-refractivity contribution in [3.8, 4) is 0 Å². The van der Waals surface area contributed by atoms with Crippen LogP contribution in [0.4, 0.5) is 0 Å². The molecular weight excluding hydrogens is 188 g/mol. The van der Waals surface area contributed by atoms with Gasteiger partial charge in [0.2, 0.25) is 11.8 Å². The van der Waals surface area contributed by atoms with Crippen LogP contribution in [-0.4, -0.2) is 39.8 Å². The van der Waals surface area contributed by atoms with E-state index in [-0.39, 0.29) is 5.11 Å². The quantitative estimate of drug-likeness (QED) is 0.589. The Morgan fingerprint density at radius 3 is 1.85 bits per heavy atom. The molecule has 2 amide bonds. The Balaban J connectivity index is 2.87. The summed E-state index contributed by atoms with van der Waals surface area (Å²) < 4.78 is 0. The zero-order valence-corrected chi connectivity index (χ0v) is 8.35. The van der Waals surface area contributed by atoms with Crippen LogP contribution in [0.15, 0.2) is 0 Å². The van der Waals surface area contributed by atoms with E-state index in [4.69, 9.17) is 12.2 Å². The summed E-state index contributed by atoms with van der Waals surface area (Å²) in [4.78, 5) is 25.1. The lowest BCUT2D eigenvalue weighted by molar-refractivity contribution is -0.134. The van der Waals surface area contributed by atoms with Crippen LogP contribution < -0.4 is 0 Å². The third-order valence-corrected chi connectivity index (χ3v) is 2.24. The fraction of sp³-hybridized carbons (Fsp3) is 0.500. The van der Waals surface area contributed by atoms with E-state index in [1.165, 1.54) is 9.80 Å². The lowest BCUT2D eigenvalue weighted by atomic mass is 10.2. The molecule has 4 nitrogen and oxygen atoms in total. The predicted octanol–water partition coefficient (Wildman–Crippen LogP) is 0.0632. The van der Waals surface area contributed by atoms with Gasteiger partial charge in [0.05, 0.1) is 0 Å². The molecule has 1 aliphatic rings. The average molecular weight is 198 g/mol. The summed E-state index contributed by atoms with van der Waals surface area (Å²) in [5, 5.41) is 0.277.